The first-order chi connectivity index (χ1) is 13.6. The van der Waals surface area contributed by atoms with Crippen molar-refractivity contribution in [3.8, 4) is 5.75 Å². The second kappa shape index (κ2) is 8.38. The van der Waals surface area contributed by atoms with Crippen molar-refractivity contribution in [3.05, 3.63) is 45.3 Å². The van der Waals surface area contributed by atoms with Crippen LogP contribution in [0.5, 0.6) is 5.75 Å². The number of rotatable bonds is 6. The summed E-state index contributed by atoms with van der Waals surface area (Å²) in [5.41, 5.74) is 2.35. The molecule has 0 saturated carbocycles. The highest BCUT2D eigenvalue weighted by molar-refractivity contribution is 7.77. The number of nitrogens with one attached hydrogen (secondary N) is 1. The van der Waals surface area contributed by atoms with Crippen LogP contribution >= 0.6 is 24.2 Å². The molecule has 1 aromatic heterocycles. The number of amides is 1. The zero-order valence-electron chi connectivity index (χ0n) is 17.0. The molecule has 2 N–H and O–H groups in total. The van der Waals surface area contributed by atoms with Crippen LogP contribution in [0, 0.1) is 5.41 Å². The fraction of sp³-hybridized carbons (Fsp3) is 0.429. The van der Waals surface area contributed by atoms with Crippen molar-refractivity contribution in [2.75, 3.05) is 19.5 Å². The molecular formula is C21H26N2O4S2. The molecular weight excluding hydrogens is 408 g/mol. The molecule has 0 radical (unpaired) electrons. The number of carboxylic acids is 1. The minimum absolute atomic E-state index is 0.0523. The quantitative estimate of drug-likeness (QED) is 0.584. The monoisotopic (exact) mass is 434 g/mol. The number of carbonyl (C=O) groups excluding carboxylic acids is 1. The van der Waals surface area contributed by atoms with Crippen LogP contribution in [0.25, 0.3) is 0 Å². The van der Waals surface area contributed by atoms with E-state index in [-0.39, 0.29) is 16.9 Å². The van der Waals surface area contributed by atoms with E-state index in [0.29, 0.717) is 29.3 Å². The van der Waals surface area contributed by atoms with Crippen molar-refractivity contribution in [2.45, 2.75) is 39.7 Å². The summed E-state index contributed by atoms with van der Waals surface area (Å²) in [5.74, 6) is -0.794. The van der Waals surface area contributed by atoms with E-state index in [4.69, 9.17) is 4.74 Å². The number of hydrogen-bond acceptors (Lipinski definition) is 6. The van der Waals surface area contributed by atoms with Gasteiger partial charge in [-0.25, -0.2) is 4.79 Å². The second-order valence-electron chi connectivity index (χ2n) is 8.15. The number of anilines is 1. The molecule has 8 heteroatoms. The number of methoxy groups -OCH3 is 1. The Kier molecular flexibility index (Phi) is 6.26. The molecule has 0 aliphatic heterocycles. The molecule has 1 heterocycles. The Morgan fingerprint density at radius 1 is 1.38 bits per heavy atom. The van der Waals surface area contributed by atoms with Gasteiger partial charge in [-0.15, -0.1) is 11.3 Å². The van der Waals surface area contributed by atoms with Gasteiger partial charge in [-0.1, -0.05) is 32.7 Å². The van der Waals surface area contributed by atoms with Crippen LogP contribution in [-0.2, 0) is 19.4 Å². The number of fused-ring (bicyclic) bond motifs is 1. The highest BCUT2D eigenvalue weighted by Gasteiger charge is 2.33. The summed E-state index contributed by atoms with van der Waals surface area (Å²) in [6.07, 6.45) is 2.53. The predicted octanol–water partition coefficient (Wildman–Crippen LogP) is 4.50. The fourth-order valence-corrected chi connectivity index (χ4v) is 5.04. The summed E-state index contributed by atoms with van der Waals surface area (Å²) < 4.78 is 6.94. The highest BCUT2D eigenvalue weighted by Crippen LogP contribution is 2.44. The Bertz CT molecular complexity index is 950. The van der Waals surface area contributed by atoms with Gasteiger partial charge in [0.25, 0.3) is 5.91 Å². The van der Waals surface area contributed by atoms with Crippen molar-refractivity contribution in [1.82, 2.24) is 4.31 Å². The Balaban J connectivity index is 1.98. The summed E-state index contributed by atoms with van der Waals surface area (Å²) in [4.78, 5) is 26.2. The number of thiol groups is 1. The van der Waals surface area contributed by atoms with Gasteiger partial charge in [0.05, 0.1) is 12.7 Å². The number of carboxylic acid groups (broad SMARTS) is 1. The Morgan fingerprint density at radius 2 is 2.10 bits per heavy atom. The molecule has 0 fully saturated rings. The van der Waals surface area contributed by atoms with Crippen LogP contribution in [-0.4, -0.2) is 35.4 Å². The second-order valence-corrected chi connectivity index (χ2v) is 9.94. The summed E-state index contributed by atoms with van der Waals surface area (Å²) in [7, 11) is 3.34. The fourth-order valence-electron chi connectivity index (χ4n) is 3.68. The summed E-state index contributed by atoms with van der Waals surface area (Å²) in [5, 5.41) is 13.1. The van der Waals surface area contributed by atoms with Crippen LogP contribution in [0.2, 0.25) is 0 Å². The van der Waals surface area contributed by atoms with E-state index in [1.165, 1.54) is 11.3 Å². The van der Waals surface area contributed by atoms with Crippen molar-refractivity contribution < 1.29 is 19.4 Å². The highest BCUT2D eigenvalue weighted by atomic mass is 32.1. The molecule has 29 heavy (non-hydrogen) atoms. The predicted molar refractivity (Wildman–Crippen MR) is 118 cm³/mol. The van der Waals surface area contributed by atoms with Crippen LogP contribution in [0.3, 0.4) is 0 Å². The maximum Gasteiger partial charge on any atom is 0.339 e. The van der Waals surface area contributed by atoms with Gasteiger partial charge in [0.2, 0.25) is 0 Å². The van der Waals surface area contributed by atoms with Crippen molar-refractivity contribution in [3.63, 3.8) is 0 Å². The molecule has 0 saturated heterocycles. The van der Waals surface area contributed by atoms with E-state index >= 15 is 0 Å². The van der Waals surface area contributed by atoms with E-state index < -0.39 is 5.97 Å². The van der Waals surface area contributed by atoms with Crippen LogP contribution < -0.4 is 10.1 Å². The summed E-state index contributed by atoms with van der Waals surface area (Å²) in [6, 6.07) is 5.28. The van der Waals surface area contributed by atoms with Crippen LogP contribution in [0.4, 0.5) is 5.00 Å². The van der Waals surface area contributed by atoms with Gasteiger partial charge in [0.15, 0.2) is 0 Å². The molecule has 2 aromatic rings. The third kappa shape index (κ3) is 4.76. The Morgan fingerprint density at radius 3 is 2.72 bits per heavy atom. The van der Waals surface area contributed by atoms with Crippen molar-refractivity contribution in [1.29, 1.82) is 0 Å². The lowest BCUT2D eigenvalue weighted by Crippen LogP contribution is -2.23. The number of aromatic carboxylic acids is 1. The Labute approximate surface area is 180 Å². The van der Waals surface area contributed by atoms with E-state index in [1.54, 1.807) is 30.6 Å². The normalized spacial score (nSPS) is 15.1. The number of carbonyl (C=O) groups is 2. The molecule has 1 aliphatic rings. The number of hydrogen-bond donors (Lipinski definition) is 3. The summed E-state index contributed by atoms with van der Waals surface area (Å²) >= 11 is 5.65. The van der Waals surface area contributed by atoms with Gasteiger partial charge in [0.1, 0.15) is 10.8 Å². The zero-order chi connectivity index (χ0) is 21.3. The minimum atomic E-state index is -1.00. The maximum atomic E-state index is 13.1. The number of benzene rings is 1. The largest absolute Gasteiger partial charge is 0.497 e. The van der Waals surface area contributed by atoms with Crippen LogP contribution in [0.15, 0.2) is 18.2 Å². The molecule has 6 nitrogen and oxygen atoms in total. The number of thiophene rings is 1. The van der Waals surface area contributed by atoms with E-state index in [9.17, 15) is 14.7 Å². The zero-order valence-corrected chi connectivity index (χ0v) is 18.7. The van der Waals surface area contributed by atoms with Crippen LogP contribution in [0.1, 0.15) is 57.0 Å². The lowest BCUT2D eigenvalue weighted by molar-refractivity contribution is 0.0696. The Hall–Kier alpha value is -2.03. The standard InChI is InChI=1S/C21H26N2O4S2/c1-21(2)8-7-16-15(10-21)17(20(25)26)19(29-16)22-18(24)14-9-13(27-4)6-5-12(14)11-23(3)28/h5-6,9,28H,7-8,10-11H2,1-4H3,(H,22,24)(H,25,26). The first kappa shape index (κ1) is 21.7. The van der Waals surface area contributed by atoms with Gasteiger partial charge in [0, 0.05) is 17.0 Å². The number of aryl methyl sites for hydroxylation is 1. The minimum Gasteiger partial charge on any atom is -0.497 e. The average Bonchev–Trinajstić information content (AvgIpc) is 2.97. The molecule has 0 bridgehead atoms. The topological polar surface area (TPSA) is 78.9 Å². The molecule has 156 valence electrons. The maximum absolute atomic E-state index is 13.1. The SMILES string of the molecule is COc1ccc(CN(C)S)c(C(=O)Nc2sc3c(c2C(=O)O)CC(C)(C)CC3)c1. The van der Waals surface area contributed by atoms with E-state index in [1.807, 2.05) is 6.07 Å². The first-order valence-electron chi connectivity index (χ1n) is 9.37. The first-order valence-corrected chi connectivity index (χ1v) is 10.6. The molecule has 0 atom stereocenters. The van der Waals surface area contributed by atoms with Gasteiger partial charge in [-0.2, -0.15) is 0 Å². The molecule has 0 unspecified atom stereocenters. The van der Waals surface area contributed by atoms with Gasteiger partial charge in [-0.3, -0.25) is 9.10 Å². The van der Waals surface area contributed by atoms with E-state index in [0.717, 1.165) is 28.8 Å². The number of ether oxygens (including phenoxy) is 1. The lowest BCUT2D eigenvalue weighted by atomic mass is 9.76. The average molecular weight is 435 g/mol. The molecule has 1 aromatic carbocycles. The molecule has 1 aliphatic carbocycles. The summed E-state index contributed by atoms with van der Waals surface area (Å²) in [6.45, 7) is 4.75. The van der Waals surface area contributed by atoms with Gasteiger partial charge in [-0.05, 0) is 55.0 Å². The smallest absolute Gasteiger partial charge is 0.339 e. The number of nitrogens with zero attached hydrogens (tertiary/aromatic N) is 1. The van der Waals surface area contributed by atoms with Crippen molar-refractivity contribution in [2.24, 2.45) is 5.41 Å². The van der Waals surface area contributed by atoms with Gasteiger partial charge < -0.3 is 15.2 Å². The third-order valence-corrected chi connectivity index (χ3v) is 6.53. The molecule has 1 amide bonds. The molecule has 0 spiro atoms. The third-order valence-electron chi connectivity index (χ3n) is 5.18. The molecule has 3 rings (SSSR count). The van der Waals surface area contributed by atoms with Gasteiger partial charge >= 0.3 is 5.97 Å². The lowest BCUT2D eigenvalue weighted by Gasteiger charge is -2.29. The van der Waals surface area contributed by atoms with Crippen molar-refractivity contribution >= 4 is 41.0 Å². The van der Waals surface area contributed by atoms with E-state index in [2.05, 4.69) is 32.0 Å².